The van der Waals surface area contributed by atoms with E-state index in [1.165, 1.54) is 0 Å². The Bertz CT molecular complexity index is 361. The van der Waals surface area contributed by atoms with Crippen molar-refractivity contribution in [1.29, 1.82) is 0 Å². The Morgan fingerprint density at radius 2 is 2.07 bits per heavy atom. The van der Waals surface area contributed by atoms with E-state index in [1.807, 2.05) is 13.8 Å². The van der Waals surface area contributed by atoms with Crippen molar-refractivity contribution in [1.82, 2.24) is 0 Å². The van der Waals surface area contributed by atoms with Crippen molar-refractivity contribution in [3.63, 3.8) is 0 Å². The molecule has 1 aromatic carbocycles. The lowest BCUT2D eigenvalue weighted by Gasteiger charge is -2.15. The number of carbonyl (C=O) groups excluding carboxylic acids is 1. The van der Waals surface area contributed by atoms with Gasteiger partial charge in [-0.1, -0.05) is 0 Å². The highest BCUT2D eigenvalue weighted by Gasteiger charge is 2.14. The van der Waals surface area contributed by atoms with Crippen LogP contribution in [0.3, 0.4) is 0 Å². The highest BCUT2D eigenvalue weighted by atomic mass is 79.9. The number of methoxy groups -OCH3 is 1. The second-order valence-electron chi connectivity index (χ2n) is 3.28. The zero-order chi connectivity index (χ0) is 11.4. The van der Waals surface area contributed by atoms with Gasteiger partial charge in [0.15, 0.2) is 17.8 Å². The van der Waals surface area contributed by atoms with E-state index in [4.69, 9.17) is 9.47 Å². The molecule has 0 fully saturated rings. The van der Waals surface area contributed by atoms with E-state index in [2.05, 4.69) is 15.9 Å². The molecule has 0 heterocycles. The van der Waals surface area contributed by atoms with E-state index < -0.39 is 0 Å². The third-order valence-electron chi connectivity index (χ3n) is 1.79. The maximum atomic E-state index is 10.7. The lowest BCUT2D eigenvalue weighted by Crippen LogP contribution is -2.08. The third-order valence-corrected chi connectivity index (χ3v) is 2.61. The zero-order valence-electron chi connectivity index (χ0n) is 8.91. The summed E-state index contributed by atoms with van der Waals surface area (Å²) < 4.78 is 11.4. The highest BCUT2D eigenvalue weighted by Crippen LogP contribution is 2.37. The molecule has 0 bridgehead atoms. The molecule has 0 aliphatic carbocycles. The van der Waals surface area contributed by atoms with E-state index in [1.54, 1.807) is 19.2 Å². The van der Waals surface area contributed by atoms with Gasteiger partial charge in [0, 0.05) is 5.56 Å². The smallest absolute Gasteiger partial charge is 0.176 e. The fourth-order valence-electron chi connectivity index (χ4n) is 1.15. The molecule has 0 N–H and O–H groups in total. The van der Waals surface area contributed by atoms with Gasteiger partial charge in [0.25, 0.3) is 0 Å². The first-order chi connectivity index (χ1) is 7.10. The molecule has 0 atom stereocenters. The Morgan fingerprint density at radius 1 is 1.40 bits per heavy atom. The monoisotopic (exact) mass is 272 g/mol. The third kappa shape index (κ3) is 2.72. The SMILES string of the molecule is COc1ccc(C=O)c(Br)c1OC(C)C. The number of carbonyl (C=O) groups is 1. The van der Waals surface area contributed by atoms with Gasteiger partial charge in [0.2, 0.25) is 0 Å². The van der Waals surface area contributed by atoms with Gasteiger partial charge < -0.3 is 9.47 Å². The van der Waals surface area contributed by atoms with Gasteiger partial charge in [-0.15, -0.1) is 0 Å². The summed E-state index contributed by atoms with van der Waals surface area (Å²) in [5.74, 6) is 1.18. The van der Waals surface area contributed by atoms with Crippen molar-refractivity contribution in [2.45, 2.75) is 20.0 Å². The van der Waals surface area contributed by atoms with Crippen LogP contribution >= 0.6 is 15.9 Å². The Hall–Kier alpha value is -1.03. The molecule has 3 nitrogen and oxygen atoms in total. The molecule has 0 aliphatic heterocycles. The van der Waals surface area contributed by atoms with Crippen LogP contribution < -0.4 is 9.47 Å². The van der Waals surface area contributed by atoms with Gasteiger partial charge in [-0.25, -0.2) is 0 Å². The molecule has 82 valence electrons. The summed E-state index contributed by atoms with van der Waals surface area (Å²) in [6.45, 7) is 3.83. The number of rotatable bonds is 4. The molecule has 0 spiro atoms. The first-order valence-corrected chi connectivity index (χ1v) is 5.37. The highest BCUT2D eigenvalue weighted by molar-refractivity contribution is 9.10. The lowest BCUT2D eigenvalue weighted by atomic mass is 10.2. The largest absolute Gasteiger partial charge is 0.493 e. The van der Waals surface area contributed by atoms with Gasteiger partial charge in [-0.05, 0) is 41.9 Å². The van der Waals surface area contributed by atoms with Gasteiger partial charge >= 0.3 is 0 Å². The summed E-state index contributed by atoms with van der Waals surface area (Å²) in [6.07, 6.45) is 0.800. The van der Waals surface area contributed by atoms with Crippen molar-refractivity contribution in [3.05, 3.63) is 22.2 Å². The normalized spacial score (nSPS) is 10.2. The minimum atomic E-state index is 0.0251. The average molecular weight is 273 g/mol. The van der Waals surface area contributed by atoms with Crippen LogP contribution in [0.15, 0.2) is 16.6 Å². The van der Waals surface area contributed by atoms with Crippen molar-refractivity contribution < 1.29 is 14.3 Å². The minimum absolute atomic E-state index is 0.0251. The van der Waals surface area contributed by atoms with Gasteiger partial charge in [-0.3, -0.25) is 4.79 Å². The van der Waals surface area contributed by atoms with Crippen LogP contribution in [0.1, 0.15) is 24.2 Å². The lowest BCUT2D eigenvalue weighted by molar-refractivity contribution is 0.112. The molecule has 0 radical (unpaired) electrons. The van der Waals surface area contributed by atoms with E-state index in [0.29, 0.717) is 21.5 Å². The van der Waals surface area contributed by atoms with Crippen LogP contribution in [-0.2, 0) is 0 Å². The summed E-state index contributed by atoms with van der Waals surface area (Å²) >= 11 is 3.33. The number of benzene rings is 1. The Balaban J connectivity index is 3.22. The van der Waals surface area contributed by atoms with Crippen molar-refractivity contribution in [3.8, 4) is 11.5 Å². The summed E-state index contributed by atoms with van der Waals surface area (Å²) in [6, 6.07) is 3.40. The van der Waals surface area contributed by atoms with E-state index >= 15 is 0 Å². The van der Waals surface area contributed by atoms with E-state index in [9.17, 15) is 4.79 Å². The Kier molecular flexibility index (Phi) is 4.15. The quantitative estimate of drug-likeness (QED) is 0.791. The van der Waals surface area contributed by atoms with E-state index in [0.717, 1.165) is 6.29 Å². The molecule has 0 saturated carbocycles. The van der Waals surface area contributed by atoms with Crippen LogP contribution in [0.2, 0.25) is 0 Å². The number of ether oxygens (including phenoxy) is 2. The molecule has 0 amide bonds. The summed E-state index contributed by atoms with van der Waals surface area (Å²) in [5.41, 5.74) is 0.548. The predicted molar refractivity (Wildman–Crippen MR) is 61.8 cm³/mol. The van der Waals surface area contributed by atoms with Crippen LogP contribution in [-0.4, -0.2) is 19.5 Å². The molecule has 1 rings (SSSR count). The molecule has 0 aliphatic rings. The van der Waals surface area contributed by atoms with Gasteiger partial charge in [-0.2, -0.15) is 0 Å². The summed E-state index contributed by atoms with van der Waals surface area (Å²) in [7, 11) is 1.57. The van der Waals surface area contributed by atoms with Gasteiger partial charge in [0.1, 0.15) is 0 Å². The molecule has 1 aromatic rings. The second-order valence-corrected chi connectivity index (χ2v) is 4.08. The number of hydrogen-bond acceptors (Lipinski definition) is 3. The molecule has 15 heavy (non-hydrogen) atoms. The van der Waals surface area contributed by atoms with Crippen LogP contribution in [0.5, 0.6) is 11.5 Å². The van der Waals surface area contributed by atoms with Gasteiger partial charge in [0.05, 0.1) is 17.7 Å². The van der Waals surface area contributed by atoms with Crippen LogP contribution in [0, 0.1) is 0 Å². The maximum Gasteiger partial charge on any atom is 0.176 e. The predicted octanol–water partition coefficient (Wildman–Crippen LogP) is 3.06. The van der Waals surface area contributed by atoms with Crippen molar-refractivity contribution in [2.24, 2.45) is 0 Å². The maximum absolute atomic E-state index is 10.7. The Labute approximate surface area is 97.5 Å². The molecule has 0 saturated heterocycles. The summed E-state index contributed by atoms with van der Waals surface area (Å²) in [5, 5.41) is 0. The fourth-order valence-corrected chi connectivity index (χ4v) is 1.67. The molecular formula is C11H13BrO3. The van der Waals surface area contributed by atoms with Crippen molar-refractivity contribution >= 4 is 22.2 Å². The van der Waals surface area contributed by atoms with Crippen molar-refractivity contribution in [2.75, 3.05) is 7.11 Å². The molecule has 4 heteroatoms. The molecule has 0 aromatic heterocycles. The van der Waals surface area contributed by atoms with E-state index in [-0.39, 0.29) is 6.10 Å². The topological polar surface area (TPSA) is 35.5 Å². The first kappa shape index (κ1) is 12.0. The zero-order valence-corrected chi connectivity index (χ0v) is 10.5. The number of hydrogen-bond donors (Lipinski definition) is 0. The standard InChI is InChI=1S/C11H13BrO3/c1-7(2)15-11-9(14-3)5-4-8(6-13)10(11)12/h4-7H,1-3H3. The Morgan fingerprint density at radius 3 is 2.53 bits per heavy atom. The average Bonchev–Trinajstić information content (AvgIpc) is 2.20. The van der Waals surface area contributed by atoms with Crippen LogP contribution in [0.4, 0.5) is 0 Å². The number of halogens is 1. The fraction of sp³-hybridized carbons (Fsp3) is 0.364. The minimum Gasteiger partial charge on any atom is -0.493 e. The first-order valence-electron chi connectivity index (χ1n) is 4.58. The molecular weight excluding hydrogens is 260 g/mol. The second kappa shape index (κ2) is 5.16. The summed E-state index contributed by atoms with van der Waals surface area (Å²) in [4.78, 5) is 10.7. The molecule has 0 unspecified atom stereocenters. The number of aldehydes is 1. The van der Waals surface area contributed by atoms with Crippen LogP contribution in [0.25, 0.3) is 0 Å².